The molecule has 1 aliphatic rings. The fourth-order valence-corrected chi connectivity index (χ4v) is 4.46. The summed E-state index contributed by atoms with van der Waals surface area (Å²) in [6.07, 6.45) is 3.45. The highest BCUT2D eigenvalue weighted by atomic mass is 35.5. The van der Waals surface area contributed by atoms with Crippen molar-refractivity contribution in [1.29, 1.82) is 0 Å². The largest absolute Gasteiger partial charge is 0.391 e. The van der Waals surface area contributed by atoms with Gasteiger partial charge in [-0.05, 0) is 25.0 Å². The van der Waals surface area contributed by atoms with Gasteiger partial charge in [-0.3, -0.25) is 4.79 Å². The predicted octanol–water partition coefficient (Wildman–Crippen LogP) is 2.98. The van der Waals surface area contributed by atoms with Crippen LogP contribution in [0.1, 0.15) is 21.7 Å². The summed E-state index contributed by atoms with van der Waals surface area (Å²) >= 11 is 7.51. The average Bonchev–Trinajstić information content (AvgIpc) is 3.29. The Bertz CT molecular complexity index is 1050. The molecule has 3 aromatic rings. The molecule has 2 aromatic heterocycles. The van der Waals surface area contributed by atoms with Crippen molar-refractivity contribution in [3.05, 3.63) is 46.1 Å². The van der Waals surface area contributed by atoms with Gasteiger partial charge >= 0.3 is 0 Å². The summed E-state index contributed by atoms with van der Waals surface area (Å²) in [6, 6.07) is 5.49. The fourth-order valence-electron chi connectivity index (χ4n) is 3.33. The summed E-state index contributed by atoms with van der Waals surface area (Å²) in [5.74, 6) is 0.538. The number of carbonyl (C=O) groups excluding carboxylic acids is 1. The molecule has 4 rings (SSSR count). The molecule has 4 N–H and O–H groups in total. The zero-order valence-electron chi connectivity index (χ0n) is 15.6. The Morgan fingerprint density at radius 1 is 1.38 bits per heavy atom. The van der Waals surface area contributed by atoms with Gasteiger partial charge < -0.3 is 21.1 Å². The molecule has 1 aromatic carbocycles. The highest BCUT2D eigenvalue weighted by Crippen LogP contribution is 2.38. The lowest BCUT2D eigenvalue weighted by atomic mass is 10.0. The number of hydrogen-bond donors (Lipinski definition) is 3. The minimum Gasteiger partial charge on any atom is -0.391 e. The molecule has 1 amide bonds. The second kappa shape index (κ2) is 7.94. The molecule has 3 heterocycles. The number of primary amides is 1. The number of aromatic nitrogens is 3. The standard InChI is InChI=1S/C19H19ClN6O2S/c1-10-3-2-4-12(20)13(10)14-15(16(21)28)29-19(24-14)25-17-18(23-7-6-22-17)26-8-5-11(27)9-26/h2-4,6-7,11,27H,5,8-9H2,1H3,(H2,21,28)(H,22,24,25). The Morgan fingerprint density at radius 2 is 2.17 bits per heavy atom. The van der Waals surface area contributed by atoms with E-state index >= 15 is 0 Å². The third-order valence-electron chi connectivity index (χ3n) is 4.68. The van der Waals surface area contributed by atoms with Crippen molar-refractivity contribution in [2.24, 2.45) is 5.73 Å². The number of hydrogen-bond acceptors (Lipinski definition) is 8. The summed E-state index contributed by atoms with van der Waals surface area (Å²) in [7, 11) is 0. The summed E-state index contributed by atoms with van der Waals surface area (Å²) in [5, 5.41) is 13.9. The normalized spacial score (nSPS) is 16.2. The van der Waals surface area contributed by atoms with Crippen LogP contribution in [0.5, 0.6) is 0 Å². The van der Waals surface area contributed by atoms with E-state index in [4.69, 9.17) is 17.3 Å². The van der Waals surface area contributed by atoms with Crippen LogP contribution < -0.4 is 16.0 Å². The number of benzene rings is 1. The van der Waals surface area contributed by atoms with Gasteiger partial charge in [0.15, 0.2) is 16.8 Å². The predicted molar refractivity (Wildman–Crippen MR) is 114 cm³/mol. The number of halogens is 1. The lowest BCUT2D eigenvalue weighted by Crippen LogP contribution is -2.23. The van der Waals surface area contributed by atoms with Gasteiger partial charge in [-0.1, -0.05) is 35.1 Å². The van der Waals surface area contributed by atoms with Gasteiger partial charge in [0.05, 0.1) is 16.8 Å². The molecule has 150 valence electrons. The third-order valence-corrected chi connectivity index (χ3v) is 5.98. The van der Waals surface area contributed by atoms with Crippen LogP contribution in [0.25, 0.3) is 11.3 Å². The minimum absolute atomic E-state index is 0.311. The van der Waals surface area contributed by atoms with Gasteiger partial charge in [0.25, 0.3) is 5.91 Å². The monoisotopic (exact) mass is 430 g/mol. The SMILES string of the molecule is Cc1cccc(Cl)c1-c1nc(Nc2nccnc2N2CCC(O)C2)sc1C(N)=O. The molecule has 1 saturated heterocycles. The summed E-state index contributed by atoms with van der Waals surface area (Å²) in [6.45, 7) is 3.07. The molecule has 0 aliphatic carbocycles. The van der Waals surface area contributed by atoms with E-state index in [-0.39, 0.29) is 6.10 Å². The van der Waals surface area contributed by atoms with E-state index < -0.39 is 5.91 Å². The Morgan fingerprint density at radius 3 is 2.86 bits per heavy atom. The molecule has 0 saturated carbocycles. The van der Waals surface area contributed by atoms with Gasteiger partial charge in [-0.15, -0.1) is 0 Å². The van der Waals surface area contributed by atoms with Crippen LogP contribution in [0.3, 0.4) is 0 Å². The minimum atomic E-state index is -0.577. The Hall–Kier alpha value is -2.75. The topological polar surface area (TPSA) is 117 Å². The average molecular weight is 431 g/mol. The van der Waals surface area contributed by atoms with Crippen molar-refractivity contribution >= 4 is 45.6 Å². The molecule has 0 bridgehead atoms. The fraction of sp³-hybridized carbons (Fsp3) is 0.263. The number of aryl methyl sites for hydroxylation is 1. The van der Waals surface area contributed by atoms with Crippen molar-refractivity contribution in [3.8, 4) is 11.3 Å². The second-order valence-electron chi connectivity index (χ2n) is 6.73. The van der Waals surface area contributed by atoms with Gasteiger partial charge in [-0.25, -0.2) is 15.0 Å². The molecule has 1 aliphatic heterocycles. The second-order valence-corrected chi connectivity index (χ2v) is 8.14. The number of aliphatic hydroxyl groups is 1. The van der Waals surface area contributed by atoms with Crippen LogP contribution >= 0.6 is 22.9 Å². The first-order chi connectivity index (χ1) is 13.9. The van der Waals surface area contributed by atoms with Crippen LogP contribution in [0.15, 0.2) is 30.6 Å². The highest BCUT2D eigenvalue weighted by molar-refractivity contribution is 7.18. The Kier molecular flexibility index (Phi) is 5.35. The molecule has 1 atom stereocenters. The maximum absolute atomic E-state index is 12.1. The first-order valence-corrected chi connectivity index (χ1v) is 10.2. The van der Waals surface area contributed by atoms with Crippen LogP contribution in [0, 0.1) is 6.92 Å². The van der Waals surface area contributed by atoms with Gasteiger partial charge in [-0.2, -0.15) is 0 Å². The molecule has 29 heavy (non-hydrogen) atoms. The lowest BCUT2D eigenvalue weighted by Gasteiger charge is -2.18. The number of rotatable bonds is 5. The molecular formula is C19H19ClN6O2S. The molecule has 8 nitrogen and oxygen atoms in total. The van der Waals surface area contributed by atoms with Crippen molar-refractivity contribution in [2.45, 2.75) is 19.4 Å². The molecule has 1 fully saturated rings. The van der Waals surface area contributed by atoms with Crippen molar-refractivity contribution in [3.63, 3.8) is 0 Å². The summed E-state index contributed by atoms with van der Waals surface area (Å²) < 4.78 is 0. The maximum Gasteiger partial charge on any atom is 0.261 e. The van der Waals surface area contributed by atoms with E-state index in [2.05, 4.69) is 20.3 Å². The smallest absolute Gasteiger partial charge is 0.261 e. The van der Waals surface area contributed by atoms with E-state index in [1.807, 2.05) is 24.0 Å². The summed E-state index contributed by atoms with van der Waals surface area (Å²) in [5.41, 5.74) is 7.61. The number of nitrogens with two attached hydrogens (primary N) is 1. The number of β-amino-alcohol motifs (C(OH)–C–C–N with tert-alkyl or cyclic N) is 1. The molecule has 0 radical (unpaired) electrons. The number of nitrogens with one attached hydrogen (secondary N) is 1. The number of thiazole rings is 1. The van der Waals surface area contributed by atoms with Crippen molar-refractivity contribution < 1.29 is 9.90 Å². The van der Waals surface area contributed by atoms with Crippen molar-refractivity contribution in [2.75, 3.05) is 23.3 Å². The molecular weight excluding hydrogens is 412 g/mol. The highest BCUT2D eigenvalue weighted by Gasteiger charge is 2.25. The number of aliphatic hydroxyl groups excluding tert-OH is 1. The quantitative estimate of drug-likeness (QED) is 0.569. The molecule has 10 heteroatoms. The Balaban J connectivity index is 1.72. The van der Waals surface area contributed by atoms with E-state index in [1.54, 1.807) is 18.5 Å². The van der Waals surface area contributed by atoms with E-state index in [0.717, 1.165) is 16.9 Å². The zero-order chi connectivity index (χ0) is 20.5. The van der Waals surface area contributed by atoms with Crippen LogP contribution in [0.2, 0.25) is 5.02 Å². The van der Waals surface area contributed by atoms with E-state index in [9.17, 15) is 9.90 Å². The third kappa shape index (κ3) is 3.89. The van der Waals surface area contributed by atoms with Gasteiger partial charge in [0.1, 0.15) is 4.88 Å². The zero-order valence-corrected chi connectivity index (χ0v) is 17.2. The number of anilines is 3. The Labute approximate surface area is 176 Å². The van der Waals surface area contributed by atoms with Crippen LogP contribution in [-0.2, 0) is 0 Å². The molecule has 1 unspecified atom stereocenters. The van der Waals surface area contributed by atoms with E-state index in [1.165, 1.54) is 0 Å². The summed E-state index contributed by atoms with van der Waals surface area (Å²) in [4.78, 5) is 27.7. The maximum atomic E-state index is 12.1. The lowest BCUT2D eigenvalue weighted by molar-refractivity contribution is 0.100. The van der Waals surface area contributed by atoms with Gasteiger partial charge in [0.2, 0.25) is 0 Å². The first kappa shape index (κ1) is 19.6. The number of amides is 1. The van der Waals surface area contributed by atoms with Crippen molar-refractivity contribution in [1.82, 2.24) is 15.0 Å². The first-order valence-electron chi connectivity index (χ1n) is 9.01. The van der Waals surface area contributed by atoms with Crippen LogP contribution in [0.4, 0.5) is 16.8 Å². The van der Waals surface area contributed by atoms with E-state index in [0.29, 0.717) is 57.4 Å². The van der Waals surface area contributed by atoms with Crippen LogP contribution in [-0.4, -0.2) is 45.2 Å². The van der Waals surface area contributed by atoms with Gasteiger partial charge in [0, 0.05) is 31.0 Å². The number of carbonyl (C=O) groups is 1. The molecule has 0 spiro atoms. The number of nitrogens with zero attached hydrogens (tertiary/aromatic N) is 4.